The van der Waals surface area contributed by atoms with Gasteiger partial charge in [-0.15, -0.1) is 0 Å². The molecule has 1 unspecified atom stereocenters. The maximum Gasteiger partial charge on any atom is 0.414 e. The standard InChI is InChI=1S/C11H13NO6S/c1-3-17-10(13)12-11(14)19(15)18-9-6-4-8(16-2)5-7-9/h4-7H,3H2,1-2H3,(H,12,13,14). The SMILES string of the molecule is CCOC(=O)NC(=O)S(=O)Oc1ccc(OC)cc1. The first-order valence-electron chi connectivity index (χ1n) is 5.28. The Kier molecular flexibility index (Phi) is 5.80. The molecule has 2 amide bonds. The van der Waals surface area contributed by atoms with Gasteiger partial charge in [0.05, 0.1) is 13.7 Å². The molecule has 0 aliphatic carbocycles. The first-order valence-corrected chi connectivity index (χ1v) is 6.36. The number of methoxy groups -OCH3 is 1. The van der Waals surface area contributed by atoms with Gasteiger partial charge in [-0.1, -0.05) is 0 Å². The molecule has 0 aliphatic rings. The lowest BCUT2D eigenvalue weighted by molar-refractivity contribution is 0.154. The van der Waals surface area contributed by atoms with Crippen LogP contribution in [-0.4, -0.2) is 29.3 Å². The van der Waals surface area contributed by atoms with Crippen LogP contribution in [0.25, 0.3) is 0 Å². The molecule has 1 aromatic rings. The highest BCUT2D eigenvalue weighted by Crippen LogP contribution is 2.17. The average Bonchev–Trinajstić information content (AvgIpc) is 2.39. The summed E-state index contributed by atoms with van der Waals surface area (Å²) in [5, 5.41) is 0.685. The number of benzene rings is 1. The number of imide groups is 1. The van der Waals surface area contributed by atoms with E-state index in [1.165, 1.54) is 19.2 Å². The second-order valence-corrected chi connectivity index (χ2v) is 4.13. The van der Waals surface area contributed by atoms with Crippen molar-refractivity contribution in [3.63, 3.8) is 0 Å². The van der Waals surface area contributed by atoms with E-state index in [1.54, 1.807) is 24.4 Å². The number of ether oxygens (including phenoxy) is 2. The van der Waals surface area contributed by atoms with Crippen molar-refractivity contribution < 1.29 is 27.5 Å². The number of hydrogen-bond donors (Lipinski definition) is 1. The predicted octanol–water partition coefficient (Wildman–Crippen LogP) is 1.60. The highest BCUT2D eigenvalue weighted by atomic mass is 32.2. The van der Waals surface area contributed by atoms with Gasteiger partial charge in [0.1, 0.15) is 11.5 Å². The van der Waals surface area contributed by atoms with E-state index in [0.29, 0.717) is 5.75 Å². The van der Waals surface area contributed by atoms with Gasteiger partial charge in [0.25, 0.3) is 0 Å². The van der Waals surface area contributed by atoms with Gasteiger partial charge in [-0.3, -0.25) is 4.79 Å². The summed E-state index contributed by atoms with van der Waals surface area (Å²) in [6.07, 6.45) is -0.973. The Hall–Kier alpha value is -2.09. The van der Waals surface area contributed by atoms with E-state index in [-0.39, 0.29) is 12.4 Å². The number of rotatable bonds is 4. The lowest BCUT2D eigenvalue weighted by Crippen LogP contribution is -2.34. The van der Waals surface area contributed by atoms with Crippen molar-refractivity contribution in [2.45, 2.75) is 6.92 Å². The zero-order valence-corrected chi connectivity index (χ0v) is 11.2. The molecule has 104 valence electrons. The molecule has 19 heavy (non-hydrogen) atoms. The van der Waals surface area contributed by atoms with Crippen LogP contribution in [0.15, 0.2) is 24.3 Å². The Morgan fingerprint density at radius 3 is 2.32 bits per heavy atom. The molecule has 0 radical (unpaired) electrons. The Morgan fingerprint density at radius 1 is 1.21 bits per heavy atom. The van der Waals surface area contributed by atoms with Crippen molar-refractivity contribution in [3.05, 3.63) is 24.3 Å². The number of carbonyl (C=O) groups is 2. The number of hydrogen-bond acceptors (Lipinski definition) is 6. The fourth-order valence-corrected chi connectivity index (χ4v) is 1.58. The summed E-state index contributed by atoms with van der Waals surface area (Å²) in [6.45, 7) is 1.68. The van der Waals surface area contributed by atoms with Gasteiger partial charge >= 0.3 is 22.4 Å². The van der Waals surface area contributed by atoms with E-state index in [1.807, 2.05) is 0 Å². The van der Waals surface area contributed by atoms with Gasteiger partial charge in [0.15, 0.2) is 0 Å². The summed E-state index contributed by atoms with van der Waals surface area (Å²) >= 11 is -2.34. The summed E-state index contributed by atoms with van der Waals surface area (Å²) in [4.78, 5) is 22.2. The second kappa shape index (κ2) is 7.37. The highest BCUT2D eigenvalue weighted by Gasteiger charge is 2.18. The van der Waals surface area contributed by atoms with Gasteiger partial charge in [-0.25, -0.2) is 14.3 Å². The normalized spacial score (nSPS) is 11.3. The quantitative estimate of drug-likeness (QED) is 0.904. The fourth-order valence-electron chi connectivity index (χ4n) is 1.05. The molecule has 0 spiro atoms. The molecule has 1 N–H and O–H groups in total. The van der Waals surface area contributed by atoms with E-state index in [4.69, 9.17) is 8.92 Å². The largest absolute Gasteiger partial charge is 0.497 e. The molecule has 0 saturated heterocycles. The molecule has 0 heterocycles. The summed E-state index contributed by atoms with van der Waals surface area (Å²) in [6, 6.07) is 6.12. The zero-order chi connectivity index (χ0) is 14.3. The van der Waals surface area contributed by atoms with Crippen LogP contribution in [0.4, 0.5) is 9.59 Å². The van der Waals surface area contributed by atoms with Gasteiger partial charge in [0, 0.05) is 0 Å². The average molecular weight is 287 g/mol. The summed E-state index contributed by atoms with van der Waals surface area (Å²) in [5.74, 6) is 0.798. The van der Waals surface area contributed by atoms with Crippen LogP contribution in [0, 0.1) is 0 Å². The number of nitrogens with one attached hydrogen (secondary N) is 1. The Morgan fingerprint density at radius 2 is 1.79 bits per heavy atom. The van der Waals surface area contributed by atoms with Crippen LogP contribution in [0.3, 0.4) is 0 Å². The van der Waals surface area contributed by atoms with E-state index in [0.717, 1.165) is 0 Å². The molecule has 0 bridgehead atoms. The van der Waals surface area contributed by atoms with E-state index in [9.17, 15) is 13.8 Å². The van der Waals surface area contributed by atoms with Crippen LogP contribution in [-0.2, 0) is 15.8 Å². The first kappa shape index (κ1) is 15.0. The van der Waals surface area contributed by atoms with Gasteiger partial charge in [0.2, 0.25) is 0 Å². The molecule has 0 fully saturated rings. The molecule has 0 aliphatic heterocycles. The molecule has 1 aromatic carbocycles. The fraction of sp³-hybridized carbons (Fsp3) is 0.273. The lowest BCUT2D eigenvalue weighted by atomic mass is 10.3. The number of carbonyl (C=O) groups excluding carboxylic acids is 2. The lowest BCUT2D eigenvalue weighted by Gasteiger charge is -2.06. The molecular formula is C11H13NO6S. The maximum absolute atomic E-state index is 11.4. The summed E-state index contributed by atoms with van der Waals surface area (Å²) < 4.78 is 25.7. The van der Waals surface area contributed by atoms with Crippen LogP contribution >= 0.6 is 0 Å². The van der Waals surface area contributed by atoms with Gasteiger partial charge in [-0.2, -0.15) is 0 Å². The number of amides is 2. The highest BCUT2D eigenvalue weighted by molar-refractivity contribution is 7.96. The molecule has 7 nitrogen and oxygen atoms in total. The minimum absolute atomic E-state index is 0.102. The topological polar surface area (TPSA) is 90.9 Å². The monoisotopic (exact) mass is 287 g/mol. The van der Waals surface area contributed by atoms with Crippen molar-refractivity contribution in [1.82, 2.24) is 5.32 Å². The van der Waals surface area contributed by atoms with Crippen LogP contribution < -0.4 is 14.2 Å². The van der Waals surface area contributed by atoms with E-state index >= 15 is 0 Å². The van der Waals surface area contributed by atoms with Crippen LogP contribution in [0.5, 0.6) is 11.5 Å². The Balaban J connectivity index is 2.53. The van der Waals surface area contributed by atoms with Gasteiger partial charge < -0.3 is 13.7 Å². The summed E-state index contributed by atoms with van der Waals surface area (Å²) in [5.41, 5.74) is 0. The van der Waals surface area contributed by atoms with Gasteiger partial charge in [-0.05, 0) is 31.2 Å². The molecule has 8 heteroatoms. The van der Waals surface area contributed by atoms with Crippen molar-refractivity contribution in [3.8, 4) is 11.5 Å². The predicted molar refractivity (Wildman–Crippen MR) is 67.3 cm³/mol. The van der Waals surface area contributed by atoms with Crippen molar-refractivity contribution in [2.24, 2.45) is 0 Å². The Bertz CT molecular complexity index is 473. The van der Waals surface area contributed by atoms with Crippen LogP contribution in [0.1, 0.15) is 6.92 Å². The molecule has 0 aromatic heterocycles. The smallest absolute Gasteiger partial charge is 0.414 e. The van der Waals surface area contributed by atoms with Crippen molar-refractivity contribution >= 4 is 22.4 Å². The molecule has 1 rings (SSSR count). The van der Waals surface area contributed by atoms with E-state index < -0.39 is 22.4 Å². The minimum atomic E-state index is -2.34. The first-order chi connectivity index (χ1) is 9.06. The Labute approximate surface area is 112 Å². The van der Waals surface area contributed by atoms with Crippen molar-refractivity contribution in [2.75, 3.05) is 13.7 Å². The number of alkyl carbamates (subject to hydrolysis) is 1. The molecular weight excluding hydrogens is 274 g/mol. The third kappa shape index (κ3) is 4.96. The molecule has 1 atom stereocenters. The second-order valence-electron chi connectivity index (χ2n) is 3.13. The molecule has 0 saturated carbocycles. The van der Waals surface area contributed by atoms with E-state index in [2.05, 4.69) is 4.74 Å². The van der Waals surface area contributed by atoms with Crippen molar-refractivity contribution in [1.29, 1.82) is 0 Å². The summed E-state index contributed by atoms with van der Waals surface area (Å²) in [7, 11) is 1.50. The minimum Gasteiger partial charge on any atom is -0.497 e. The third-order valence-electron chi connectivity index (χ3n) is 1.86. The van der Waals surface area contributed by atoms with Crippen LogP contribution in [0.2, 0.25) is 0 Å². The maximum atomic E-state index is 11.4. The zero-order valence-electron chi connectivity index (χ0n) is 10.4. The third-order valence-corrected chi connectivity index (χ3v) is 2.61.